The average Bonchev–Trinajstić information content (AvgIpc) is 3.01. The van der Waals surface area contributed by atoms with Gasteiger partial charge in [-0.2, -0.15) is 13.2 Å². The third kappa shape index (κ3) is 5.00. The number of hydrogen-bond acceptors (Lipinski definition) is 3. The van der Waals surface area contributed by atoms with Gasteiger partial charge in [-0.05, 0) is 43.2 Å². The molecule has 1 atom stereocenters. The molecule has 1 unspecified atom stereocenters. The summed E-state index contributed by atoms with van der Waals surface area (Å²) in [7, 11) is 0. The largest absolute Gasteiger partial charge is 0.463 e. The number of halogens is 4. The Bertz CT molecular complexity index is 804. The number of furan rings is 1. The van der Waals surface area contributed by atoms with Crippen LogP contribution in [0, 0.1) is 19.7 Å². The van der Waals surface area contributed by atoms with Crippen LogP contribution in [0.2, 0.25) is 0 Å². The van der Waals surface area contributed by atoms with Crippen molar-refractivity contribution >= 4 is 6.03 Å². The van der Waals surface area contributed by atoms with Crippen LogP contribution in [0.1, 0.15) is 29.1 Å². The van der Waals surface area contributed by atoms with Crippen LogP contribution in [-0.4, -0.2) is 23.9 Å². The molecule has 27 heavy (non-hydrogen) atoms. The maximum absolute atomic E-state index is 13.3. The highest BCUT2D eigenvalue weighted by Gasteiger charge is 2.56. The Kier molecular flexibility index (Phi) is 6.15. The summed E-state index contributed by atoms with van der Waals surface area (Å²) < 4.78 is 58.0. The van der Waals surface area contributed by atoms with Crippen molar-refractivity contribution in [1.82, 2.24) is 10.6 Å². The molecule has 3 N–H and O–H groups in total. The zero-order valence-corrected chi connectivity index (χ0v) is 14.8. The van der Waals surface area contributed by atoms with Crippen LogP contribution >= 0.6 is 0 Å². The fourth-order valence-electron chi connectivity index (χ4n) is 2.48. The number of alkyl halides is 3. The van der Waals surface area contributed by atoms with Crippen LogP contribution in [0.15, 0.2) is 34.7 Å². The molecule has 0 bridgehead atoms. The van der Waals surface area contributed by atoms with Gasteiger partial charge < -0.3 is 20.2 Å². The zero-order chi connectivity index (χ0) is 20.2. The van der Waals surface area contributed by atoms with Crippen LogP contribution < -0.4 is 10.6 Å². The number of amides is 2. The van der Waals surface area contributed by atoms with Crippen molar-refractivity contribution in [2.45, 2.75) is 38.6 Å². The van der Waals surface area contributed by atoms with E-state index in [9.17, 15) is 27.5 Å². The van der Waals surface area contributed by atoms with E-state index >= 15 is 0 Å². The Morgan fingerprint density at radius 1 is 1.15 bits per heavy atom. The number of aryl methyl sites for hydroxylation is 2. The van der Waals surface area contributed by atoms with E-state index in [1.807, 2.05) is 0 Å². The Morgan fingerprint density at radius 2 is 1.85 bits per heavy atom. The lowest BCUT2D eigenvalue weighted by atomic mass is 9.96. The molecule has 2 aromatic rings. The van der Waals surface area contributed by atoms with E-state index in [1.165, 1.54) is 25.1 Å². The molecule has 0 aliphatic rings. The van der Waals surface area contributed by atoms with E-state index in [0.717, 1.165) is 6.07 Å². The SMILES string of the molecule is Cc1ccc(C(O)(CCNC(=O)NCc2ccc(F)c(C)c2)C(F)(F)F)o1. The standard InChI is InChI=1S/C18H20F4N2O3/c1-11-9-13(4-5-14(11)19)10-24-16(25)23-8-7-17(26,18(20,21)22)15-6-3-12(2)27-15/h3-6,9,26H,7-8,10H2,1-2H3,(H2,23,24,25). The average molecular weight is 388 g/mol. The van der Waals surface area contributed by atoms with Gasteiger partial charge in [0.15, 0.2) is 0 Å². The van der Waals surface area contributed by atoms with Crippen LogP contribution in [0.4, 0.5) is 22.4 Å². The van der Waals surface area contributed by atoms with Gasteiger partial charge in [0.05, 0.1) is 0 Å². The predicted molar refractivity (Wildman–Crippen MR) is 89.4 cm³/mol. The third-order valence-corrected chi connectivity index (χ3v) is 4.06. The van der Waals surface area contributed by atoms with Crippen LogP contribution in [0.5, 0.6) is 0 Å². The Hall–Kier alpha value is -2.55. The van der Waals surface area contributed by atoms with Gasteiger partial charge in [-0.1, -0.05) is 12.1 Å². The molecule has 148 valence electrons. The van der Waals surface area contributed by atoms with Gasteiger partial charge in [-0.25, -0.2) is 9.18 Å². The smallest absolute Gasteiger partial charge is 0.424 e. The number of aliphatic hydroxyl groups is 1. The second-order valence-corrected chi connectivity index (χ2v) is 6.21. The number of carbonyl (C=O) groups excluding carboxylic acids is 1. The third-order valence-electron chi connectivity index (χ3n) is 4.06. The second kappa shape index (κ2) is 7.99. The fourth-order valence-corrected chi connectivity index (χ4v) is 2.48. The summed E-state index contributed by atoms with van der Waals surface area (Å²) in [5.41, 5.74) is -2.15. The topological polar surface area (TPSA) is 74.5 Å². The first-order chi connectivity index (χ1) is 12.5. The highest BCUT2D eigenvalue weighted by Crippen LogP contribution is 2.41. The molecule has 5 nitrogen and oxygen atoms in total. The van der Waals surface area contributed by atoms with E-state index < -0.39 is 36.5 Å². The zero-order valence-electron chi connectivity index (χ0n) is 14.8. The van der Waals surface area contributed by atoms with Crippen molar-refractivity contribution in [1.29, 1.82) is 0 Å². The quantitative estimate of drug-likeness (QED) is 0.661. The van der Waals surface area contributed by atoms with Gasteiger partial charge in [0, 0.05) is 19.5 Å². The molecule has 0 saturated carbocycles. The summed E-state index contributed by atoms with van der Waals surface area (Å²) in [6.45, 7) is 2.67. The maximum atomic E-state index is 13.3. The van der Waals surface area contributed by atoms with Gasteiger partial charge in [0.25, 0.3) is 0 Å². The Balaban J connectivity index is 1.90. The van der Waals surface area contributed by atoms with Gasteiger partial charge >= 0.3 is 12.2 Å². The lowest BCUT2D eigenvalue weighted by Gasteiger charge is -2.28. The molecule has 0 saturated heterocycles. The molecule has 2 amide bonds. The van der Waals surface area contributed by atoms with Gasteiger partial charge in [0.2, 0.25) is 5.60 Å². The van der Waals surface area contributed by atoms with Gasteiger partial charge in [-0.3, -0.25) is 0 Å². The van der Waals surface area contributed by atoms with Crippen molar-refractivity contribution in [2.24, 2.45) is 0 Å². The number of benzene rings is 1. The predicted octanol–water partition coefficient (Wildman–Crippen LogP) is 3.67. The minimum Gasteiger partial charge on any atom is -0.463 e. The lowest BCUT2D eigenvalue weighted by molar-refractivity contribution is -0.274. The molecule has 1 aromatic carbocycles. The minimum atomic E-state index is -4.97. The minimum absolute atomic E-state index is 0.0773. The van der Waals surface area contributed by atoms with Crippen LogP contribution in [-0.2, 0) is 12.1 Å². The van der Waals surface area contributed by atoms with Crippen molar-refractivity contribution in [3.8, 4) is 0 Å². The number of hydrogen-bond donors (Lipinski definition) is 3. The number of carbonyl (C=O) groups is 1. The van der Waals surface area contributed by atoms with Gasteiger partial charge in [-0.15, -0.1) is 0 Å². The van der Waals surface area contributed by atoms with Gasteiger partial charge in [0.1, 0.15) is 17.3 Å². The van der Waals surface area contributed by atoms with Crippen molar-refractivity contribution < 1.29 is 31.9 Å². The number of nitrogens with one attached hydrogen (secondary N) is 2. The number of urea groups is 1. The monoisotopic (exact) mass is 388 g/mol. The summed E-state index contributed by atoms with van der Waals surface area (Å²) in [5.74, 6) is -0.771. The van der Waals surface area contributed by atoms with E-state index in [0.29, 0.717) is 11.1 Å². The van der Waals surface area contributed by atoms with E-state index in [1.54, 1.807) is 13.0 Å². The summed E-state index contributed by atoms with van der Waals surface area (Å²) in [5, 5.41) is 14.8. The normalized spacial score (nSPS) is 13.9. The lowest BCUT2D eigenvalue weighted by Crippen LogP contribution is -2.45. The first-order valence-corrected chi connectivity index (χ1v) is 8.15. The fraction of sp³-hybridized carbons (Fsp3) is 0.389. The number of rotatable bonds is 6. The first kappa shape index (κ1) is 20.8. The summed E-state index contributed by atoms with van der Waals surface area (Å²) in [6.07, 6.45) is -5.78. The van der Waals surface area contributed by atoms with E-state index in [2.05, 4.69) is 10.6 Å². The highest BCUT2D eigenvalue weighted by atomic mass is 19.4. The van der Waals surface area contributed by atoms with E-state index in [-0.39, 0.29) is 18.1 Å². The molecule has 0 spiro atoms. The Labute approximate surface area is 153 Å². The summed E-state index contributed by atoms with van der Waals surface area (Å²) in [4.78, 5) is 11.8. The van der Waals surface area contributed by atoms with E-state index in [4.69, 9.17) is 4.42 Å². The second-order valence-electron chi connectivity index (χ2n) is 6.21. The van der Waals surface area contributed by atoms with Crippen LogP contribution in [0.3, 0.4) is 0 Å². The van der Waals surface area contributed by atoms with Crippen molar-refractivity contribution in [2.75, 3.05) is 6.54 Å². The highest BCUT2D eigenvalue weighted by molar-refractivity contribution is 5.73. The maximum Gasteiger partial charge on any atom is 0.424 e. The molecule has 0 fully saturated rings. The molecule has 0 aliphatic carbocycles. The molecular weight excluding hydrogens is 368 g/mol. The van der Waals surface area contributed by atoms with Crippen molar-refractivity contribution in [3.63, 3.8) is 0 Å². The molecule has 1 heterocycles. The van der Waals surface area contributed by atoms with Crippen molar-refractivity contribution in [3.05, 3.63) is 58.8 Å². The molecular formula is C18H20F4N2O3. The summed E-state index contributed by atoms with van der Waals surface area (Å²) >= 11 is 0. The Morgan fingerprint density at radius 3 is 2.41 bits per heavy atom. The summed E-state index contributed by atoms with van der Waals surface area (Å²) in [6, 6.07) is 5.97. The molecule has 1 aromatic heterocycles. The molecule has 2 rings (SSSR count). The van der Waals surface area contributed by atoms with Crippen LogP contribution in [0.25, 0.3) is 0 Å². The molecule has 0 radical (unpaired) electrons. The first-order valence-electron chi connectivity index (χ1n) is 8.15. The molecule has 0 aliphatic heterocycles. The molecule has 9 heteroatoms.